The average molecular weight is 303 g/mol. The summed E-state index contributed by atoms with van der Waals surface area (Å²) < 4.78 is 7.88. The normalized spacial score (nSPS) is 1.50. The fourth-order valence-electron chi connectivity index (χ4n) is 0. The van der Waals surface area contributed by atoms with Gasteiger partial charge in [0.05, 0.1) is 0 Å². The molecule has 1 nitrogen and oxygen atoms in total. The standard InChI is InChI=1S/La.Ni.O.Sr.2H/q;;;+2;2*-1. The van der Waals surface area contributed by atoms with Crippen molar-refractivity contribution in [3.63, 3.8) is 0 Å². The number of hydrogen-bond donors (Lipinski definition) is 0. The molecule has 4 heteroatoms. The van der Waals surface area contributed by atoms with Crippen molar-refractivity contribution in [1.82, 2.24) is 0 Å². The maximum atomic E-state index is 7.88. The first kappa shape index (κ1) is 15.8. The van der Waals surface area contributed by atoms with E-state index in [4.69, 9.17) is 3.90 Å². The van der Waals surface area contributed by atoms with E-state index < -0.39 is 0 Å². The largest absolute Gasteiger partial charge is 2.00 e. The Balaban J connectivity index is -0.000000000833. The van der Waals surface area contributed by atoms with E-state index in [9.17, 15) is 0 Å². The van der Waals surface area contributed by atoms with Gasteiger partial charge in [-0.05, 0) is 0 Å². The Morgan fingerprint density at radius 3 is 1.50 bits per heavy atom. The van der Waals surface area contributed by atoms with Gasteiger partial charge in [-0.3, -0.25) is 0 Å². The molecule has 0 aromatic rings. The van der Waals surface area contributed by atoms with Crippen LogP contribution >= 0.6 is 0 Å². The minimum atomic E-state index is 0. The molecular formula is H2LaNiOSr. The Hall–Kier alpha value is 2.97. The quantitative estimate of drug-likeness (QED) is 0.563. The molecule has 0 heterocycles. The van der Waals surface area contributed by atoms with E-state index >= 15 is 0 Å². The van der Waals surface area contributed by atoms with E-state index in [1.807, 2.05) is 0 Å². The van der Waals surface area contributed by atoms with Crippen LogP contribution in [0.5, 0.6) is 0 Å². The number of rotatable bonds is 0. The smallest absolute Gasteiger partial charge is 2.00 e. The van der Waals surface area contributed by atoms with Crippen molar-refractivity contribution in [1.29, 1.82) is 0 Å². The summed E-state index contributed by atoms with van der Waals surface area (Å²) in [6, 6.07) is 0. The van der Waals surface area contributed by atoms with E-state index in [1.54, 1.807) is 0 Å². The average Bonchev–Trinajstić information content (AvgIpc) is 1.00. The summed E-state index contributed by atoms with van der Waals surface area (Å²) in [4.78, 5) is 0. The van der Waals surface area contributed by atoms with Crippen molar-refractivity contribution >= 4 is 45.5 Å². The Morgan fingerprint density at radius 2 is 1.50 bits per heavy atom. The molecule has 0 bridgehead atoms. The third kappa shape index (κ3) is 8.88. The Labute approximate surface area is 101 Å². The van der Waals surface area contributed by atoms with E-state index in [0.29, 0.717) is 0 Å². The molecule has 4 heavy (non-hydrogen) atoms. The van der Waals surface area contributed by atoms with Crippen molar-refractivity contribution in [2.24, 2.45) is 0 Å². The van der Waals surface area contributed by atoms with Crippen LogP contribution < -0.4 is 0 Å². The van der Waals surface area contributed by atoms with Gasteiger partial charge < -0.3 is 2.85 Å². The second-order valence-corrected chi connectivity index (χ2v) is 0. The summed E-state index contributed by atoms with van der Waals surface area (Å²) >= 11 is 2.62. The molecule has 0 rings (SSSR count). The first-order valence-electron chi connectivity index (χ1n) is 0.129. The fraction of sp³-hybridized carbons (Fsp3) is 0. The van der Waals surface area contributed by atoms with Crippen LogP contribution in [0.1, 0.15) is 2.85 Å². The van der Waals surface area contributed by atoms with Gasteiger partial charge in [0.2, 0.25) is 0 Å². The zero-order chi connectivity index (χ0) is 2.00. The van der Waals surface area contributed by atoms with Gasteiger partial charge >= 0.3 is 64.8 Å². The van der Waals surface area contributed by atoms with Gasteiger partial charge in [-0.1, -0.05) is 0 Å². The predicted octanol–water partition coefficient (Wildman–Crippen LogP) is -0.277. The fourth-order valence-corrected chi connectivity index (χ4v) is 0. The molecular weight excluding hydrogens is 301 g/mol. The van der Waals surface area contributed by atoms with Crippen molar-refractivity contribution in [2.75, 3.05) is 0 Å². The van der Waals surface area contributed by atoms with Gasteiger partial charge in [-0.15, -0.1) is 0 Å². The molecule has 0 amide bonds. The zero-order valence-electron chi connectivity index (χ0n) is 4.01. The summed E-state index contributed by atoms with van der Waals surface area (Å²) in [5.41, 5.74) is 0. The molecule has 0 aliphatic heterocycles. The van der Waals surface area contributed by atoms with Gasteiger partial charge in [0.15, 0.2) is 0 Å². The van der Waals surface area contributed by atoms with Gasteiger partial charge in [-0.25, -0.2) is 0 Å². The molecule has 0 aromatic heterocycles. The number of hydrogen-bond acceptors (Lipinski definition) is 1. The zero-order valence-corrected chi connectivity index (χ0v) is 10.1. The van der Waals surface area contributed by atoms with Crippen LogP contribution in [0, 0.1) is 35.6 Å². The first-order chi connectivity index (χ1) is 1.00. The van der Waals surface area contributed by atoms with Crippen molar-refractivity contribution in [3.8, 4) is 0 Å². The first-order valence-corrected chi connectivity index (χ1v) is 0.532. The summed E-state index contributed by atoms with van der Waals surface area (Å²) in [5.74, 6) is 0. The summed E-state index contributed by atoms with van der Waals surface area (Å²) in [5, 5.41) is 0. The van der Waals surface area contributed by atoms with E-state index in [-0.39, 0.29) is 83.9 Å². The Bertz CT molecular complexity index is 13.5. The molecule has 0 atom stereocenters. The van der Waals surface area contributed by atoms with E-state index in [2.05, 4.69) is 15.4 Å². The third-order valence-electron chi connectivity index (χ3n) is 0. The van der Waals surface area contributed by atoms with Crippen molar-refractivity contribution in [3.05, 3.63) is 0 Å². The van der Waals surface area contributed by atoms with Gasteiger partial charge in [0, 0.05) is 35.6 Å². The summed E-state index contributed by atoms with van der Waals surface area (Å²) in [6.45, 7) is 0. The molecule has 0 spiro atoms. The maximum Gasteiger partial charge on any atom is 2.00 e. The molecule has 0 saturated carbocycles. The molecule has 0 saturated heterocycles. The Morgan fingerprint density at radius 1 is 1.50 bits per heavy atom. The molecule has 23 valence electrons. The van der Waals surface area contributed by atoms with E-state index in [1.165, 1.54) is 0 Å². The predicted molar refractivity (Wildman–Crippen MR) is 8.66 cm³/mol. The minimum Gasteiger partial charge on any atom is 2.00 e. The SMILES string of the molecule is [H-].[H-].[La].[O]=[Ni].[Sr+2]. The second-order valence-electron chi connectivity index (χ2n) is 0. The van der Waals surface area contributed by atoms with Crippen LogP contribution in [0.3, 0.4) is 0 Å². The van der Waals surface area contributed by atoms with Crippen LogP contribution in [-0.4, -0.2) is 45.5 Å². The molecule has 1 radical (unpaired) electrons. The monoisotopic (exact) mass is 303 g/mol. The van der Waals surface area contributed by atoms with Gasteiger partial charge in [0.1, 0.15) is 0 Å². The molecule has 0 unspecified atom stereocenters. The van der Waals surface area contributed by atoms with Crippen LogP contribution in [0.2, 0.25) is 0 Å². The molecule has 0 aliphatic rings. The van der Waals surface area contributed by atoms with Crippen LogP contribution in [0.25, 0.3) is 0 Å². The van der Waals surface area contributed by atoms with Crippen molar-refractivity contribution < 1.29 is 57.7 Å². The third-order valence-corrected chi connectivity index (χ3v) is 0. The van der Waals surface area contributed by atoms with Crippen molar-refractivity contribution in [2.45, 2.75) is 0 Å². The molecule has 0 N–H and O–H groups in total. The van der Waals surface area contributed by atoms with Gasteiger partial charge in [0.25, 0.3) is 0 Å². The second kappa shape index (κ2) is 16.7. The van der Waals surface area contributed by atoms with E-state index in [0.717, 1.165) is 0 Å². The molecule has 0 aromatic carbocycles. The van der Waals surface area contributed by atoms with Crippen LogP contribution in [0.15, 0.2) is 0 Å². The summed E-state index contributed by atoms with van der Waals surface area (Å²) in [6.07, 6.45) is 0. The maximum absolute atomic E-state index is 7.88. The van der Waals surface area contributed by atoms with Crippen LogP contribution in [-0.2, 0) is 19.3 Å². The molecule has 0 fully saturated rings. The topological polar surface area (TPSA) is 17.1 Å². The molecule has 0 aliphatic carbocycles. The minimum absolute atomic E-state index is 0. The summed E-state index contributed by atoms with van der Waals surface area (Å²) in [7, 11) is 0. The van der Waals surface area contributed by atoms with Gasteiger partial charge in [-0.2, -0.15) is 0 Å². The van der Waals surface area contributed by atoms with Crippen LogP contribution in [0.4, 0.5) is 0 Å². The Kier molecular flexibility index (Phi) is 65.9.